The lowest BCUT2D eigenvalue weighted by atomic mass is 10.1. The van der Waals surface area contributed by atoms with Gasteiger partial charge in [0.1, 0.15) is 0 Å². The van der Waals surface area contributed by atoms with E-state index in [0.717, 1.165) is 5.56 Å². The van der Waals surface area contributed by atoms with Crippen molar-refractivity contribution < 1.29 is 9.59 Å². The van der Waals surface area contributed by atoms with Crippen LogP contribution in [0.15, 0.2) is 18.2 Å². The van der Waals surface area contributed by atoms with Gasteiger partial charge in [-0.1, -0.05) is 29.3 Å². The van der Waals surface area contributed by atoms with E-state index in [1.54, 1.807) is 12.1 Å². The Kier molecular flexibility index (Phi) is 4.22. The highest BCUT2D eigenvalue weighted by molar-refractivity contribution is 6.35. The Bertz CT molecular complexity index is 491. The van der Waals surface area contributed by atoms with E-state index in [1.165, 1.54) is 0 Å². The maximum Gasteiger partial charge on any atom is 0.244 e. The molecule has 2 rings (SSSR count). The van der Waals surface area contributed by atoms with Crippen LogP contribution >= 0.6 is 23.2 Å². The molecule has 0 spiro atoms. The third-order valence-corrected chi connectivity index (χ3v) is 3.36. The van der Waals surface area contributed by atoms with Crippen molar-refractivity contribution in [1.29, 1.82) is 0 Å². The summed E-state index contributed by atoms with van der Waals surface area (Å²) in [5.41, 5.74) is 0.957. The molecule has 1 atom stereocenters. The summed E-state index contributed by atoms with van der Waals surface area (Å²) in [6.45, 7) is 0.576. The van der Waals surface area contributed by atoms with Crippen LogP contribution < -0.4 is 10.6 Å². The van der Waals surface area contributed by atoms with Crippen molar-refractivity contribution in [2.24, 2.45) is 0 Å². The fourth-order valence-corrected chi connectivity index (χ4v) is 2.33. The van der Waals surface area contributed by atoms with Crippen LogP contribution in [0.3, 0.4) is 0 Å². The zero-order valence-corrected chi connectivity index (χ0v) is 11.0. The Morgan fingerprint density at radius 3 is 2.72 bits per heavy atom. The highest BCUT2D eigenvalue weighted by Crippen LogP contribution is 2.21. The van der Waals surface area contributed by atoms with Gasteiger partial charge in [-0.2, -0.15) is 0 Å². The van der Waals surface area contributed by atoms with Crippen molar-refractivity contribution in [3.63, 3.8) is 0 Å². The van der Waals surface area contributed by atoms with E-state index in [9.17, 15) is 9.59 Å². The minimum atomic E-state index is -0.427. The molecule has 1 saturated heterocycles. The third-order valence-electron chi connectivity index (χ3n) is 2.77. The Labute approximate surface area is 115 Å². The average Bonchev–Trinajstić information content (AvgIpc) is 2.61. The van der Waals surface area contributed by atoms with Crippen LogP contribution in [0.4, 0.5) is 0 Å². The summed E-state index contributed by atoms with van der Waals surface area (Å²) in [6.07, 6.45) is 0.876. The molecular formula is C12H12Cl2N2O2. The molecule has 0 aromatic heterocycles. The molecule has 1 heterocycles. The van der Waals surface area contributed by atoms with E-state index in [1.807, 2.05) is 6.07 Å². The molecule has 1 aliphatic rings. The van der Waals surface area contributed by atoms with E-state index in [4.69, 9.17) is 23.2 Å². The van der Waals surface area contributed by atoms with E-state index < -0.39 is 6.04 Å². The SMILES string of the molecule is O=C1CC(NCCc2ccc(Cl)cc2Cl)C(=O)N1. The summed E-state index contributed by atoms with van der Waals surface area (Å²) in [4.78, 5) is 22.3. The van der Waals surface area contributed by atoms with E-state index in [-0.39, 0.29) is 18.2 Å². The summed E-state index contributed by atoms with van der Waals surface area (Å²) in [5.74, 6) is -0.496. The maximum absolute atomic E-state index is 11.3. The molecule has 1 aliphatic heterocycles. The Morgan fingerprint density at radius 2 is 2.11 bits per heavy atom. The zero-order chi connectivity index (χ0) is 13.1. The molecule has 4 nitrogen and oxygen atoms in total. The number of halogens is 2. The van der Waals surface area contributed by atoms with Crippen molar-refractivity contribution in [1.82, 2.24) is 10.6 Å². The molecule has 96 valence electrons. The molecule has 1 unspecified atom stereocenters. The summed E-state index contributed by atoms with van der Waals surface area (Å²) in [7, 11) is 0. The quantitative estimate of drug-likeness (QED) is 0.826. The van der Waals surface area contributed by atoms with Gasteiger partial charge in [0.15, 0.2) is 0 Å². The Hall–Kier alpha value is -1.10. The van der Waals surface area contributed by atoms with Gasteiger partial charge >= 0.3 is 0 Å². The second kappa shape index (κ2) is 5.69. The molecular weight excluding hydrogens is 275 g/mol. The van der Waals surface area contributed by atoms with Crippen LogP contribution in [0.1, 0.15) is 12.0 Å². The van der Waals surface area contributed by atoms with Gasteiger partial charge < -0.3 is 5.32 Å². The normalized spacial score (nSPS) is 19.1. The number of imide groups is 1. The van der Waals surface area contributed by atoms with Gasteiger partial charge in [0.2, 0.25) is 11.8 Å². The highest BCUT2D eigenvalue weighted by atomic mass is 35.5. The lowest BCUT2D eigenvalue weighted by Crippen LogP contribution is -2.37. The zero-order valence-electron chi connectivity index (χ0n) is 9.50. The fourth-order valence-electron chi connectivity index (χ4n) is 1.82. The number of carbonyl (C=O) groups is 2. The highest BCUT2D eigenvalue weighted by Gasteiger charge is 2.29. The van der Waals surface area contributed by atoms with Gasteiger partial charge in [0, 0.05) is 10.0 Å². The van der Waals surface area contributed by atoms with E-state index in [2.05, 4.69) is 10.6 Å². The summed E-state index contributed by atoms with van der Waals surface area (Å²) < 4.78 is 0. The lowest BCUT2D eigenvalue weighted by molar-refractivity contribution is -0.125. The molecule has 2 amide bonds. The predicted octanol–water partition coefficient (Wildman–Crippen LogP) is 1.54. The van der Waals surface area contributed by atoms with Gasteiger partial charge in [-0.3, -0.25) is 14.9 Å². The summed E-state index contributed by atoms with van der Waals surface area (Å²) in [6, 6.07) is 4.88. The average molecular weight is 287 g/mol. The van der Waals surface area contributed by atoms with Gasteiger partial charge in [0.25, 0.3) is 0 Å². The largest absolute Gasteiger partial charge is 0.305 e. The molecule has 2 N–H and O–H groups in total. The minimum absolute atomic E-state index is 0.202. The smallest absolute Gasteiger partial charge is 0.244 e. The van der Waals surface area contributed by atoms with Gasteiger partial charge in [-0.25, -0.2) is 0 Å². The monoisotopic (exact) mass is 286 g/mol. The first kappa shape index (κ1) is 13.3. The lowest BCUT2D eigenvalue weighted by Gasteiger charge is -2.09. The number of hydrogen-bond acceptors (Lipinski definition) is 3. The second-order valence-electron chi connectivity index (χ2n) is 4.11. The predicted molar refractivity (Wildman–Crippen MR) is 69.7 cm³/mol. The van der Waals surface area contributed by atoms with Crippen LogP contribution in [0.5, 0.6) is 0 Å². The molecule has 6 heteroatoms. The number of amides is 2. The molecule has 0 radical (unpaired) electrons. The Balaban J connectivity index is 1.85. The summed E-state index contributed by atoms with van der Waals surface area (Å²) >= 11 is 11.8. The van der Waals surface area contributed by atoms with E-state index >= 15 is 0 Å². The molecule has 18 heavy (non-hydrogen) atoms. The maximum atomic E-state index is 11.3. The van der Waals surface area contributed by atoms with Crippen LogP contribution in [0.2, 0.25) is 10.0 Å². The third kappa shape index (κ3) is 3.22. The van der Waals surface area contributed by atoms with Crippen LogP contribution in [0, 0.1) is 0 Å². The second-order valence-corrected chi connectivity index (χ2v) is 4.95. The number of carbonyl (C=O) groups excluding carboxylic acids is 2. The van der Waals surface area contributed by atoms with Crippen molar-refractivity contribution in [3.8, 4) is 0 Å². The van der Waals surface area contributed by atoms with Crippen molar-refractivity contribution in [2.75, 3.05) is 6.54 Å². The molecule has 1 aromatic carbocycles. The fraction of sp³-hybridized carbons (Fsp3) is 0.333. The number of rotatable bonds is 4. The van der Waals surface area contributed by atoms with Crippen LogP contribution in [-0.2, 0) is 16.0 Å². The molecule has 0 bridgehead atoms. The van der Waals surface area contributed by atoms with Crippen LogP contribution in [-0.4, -0.2) is 24.4 Å². The first-order valence-corrected chi connectivity index (χ1v) is 6.33. The first-order chi connectivity index (χ1) is 8.56. The topological polar surface area (TPSA) is 58.2 Å². The van der Waals surface area contributed by atoms with Gasteiger partial charge in [-0.15, -0.1) is 0 Å². The van der Waals surface area contributed by atoms with E-state index in [0.29, 0.717) is 23.0 Å². The summed E-state index contributed by atoms with van der Waals surface area (Å²) in [5, 5.41) is 6.48. The number of nitrogens with one attached hydrogen (secondary N) is 2. The first-order valence-electron chi connectivity index (χ1n) is 5.57. The van der Waals surface area contributed by atoms with Crippen molar-refractivity contribution >= 4 is 35.0 Å². The van der Waals surface area contributed by atoms with Crippen molar-refractivity contribution in [3.05, 3.63) is 33.8 Å². The van der Waals surface area contributed by atoms with Gasteiger partial charge in [0.05, 0.1) is 12.5 Å². The molecule has 0 saturated carbocycles. The standard InChI is InChI=1S/C12H12Cl2N2O2/c13-8-2-1-7(9(14)5-8)3-4-15-10-6-11(17)16-12(10)18/h1-2,5,10,15H,3-4,6H2,(H,16,17,18). The number of hydrogen-bond donors (Lipinski definition) is 2. The molecule has 1 aromatic rings. The Morgan fingerprint density at radius 1 is 1.33 bits per heavy atom. The number of benzene rings is 1. The van der Waals surface area contributed by atoms with Crippen LogP contribution in [0.25, 0.3) is 0 Å². The molecule has 1 fully saturated rings. The molecule has 0 aliphatic carbocycles. The minimum Gasteiger partial charge on any atom is -0.305 e. The van der Waals surface area contributed by atoms with Crippen molar-refractivity contribution in [2.45, 2.75) is 18.9 Å². The van der Waals surface area contributed by atoms with Gasteiger partial charge in [-0.05, 0) is 30.7 Å².